The van der Waals surface area contributed by atoms with Crippen LogP contribution in [0.25, 0.3) is 0 Å². The lowest BCUT2D eigenvalue weighted by Crippen LogP contribution is -2.10. The third kappa shape index (κ3) is 2.40. The van der Waals surface area contributed by atoms with Crippen molar-refractivity contribution in [3.8, 4) is 0 Å². The summed E-state index contributed by atoms with van der Waals surface area (Å²) < 4.78 is 1.14. The van der Waals surface area contributed by atoms with Crippen molar-refractivity contribution in [2.45, 2.75) is 0 Å². The number of anilines is 1. The topological polar surface area (TPSA) is 124 Å². The first-order valence-electron chi connectivity index (χ1n) is 4.86. The first kappa shape index (κ1) is 11.5. The predicted molar refractivity (Wildman–Crippen MR) is 64.5 cm³/mol. The van der Waals surface area contributed by atoms with Gasteiger partial charge in [0.15, 0.2) is 0 Å². The van der Waals surface area contributed by atoms with Crippen LogP contribution in [0.2, 0.25) is 0 Å². The summed E-state index contributed by atoms with van der Waals surface area (Å²) in [6.07, 6.45) is 2.61. The van der Waals surface area contributed by atoms with Crippen LogP contribution in [-0.4, -0.2) is 26.0 Å². The Labute approximate surface area is 101 Å². The molecule has 0 saturated carbocycles. The molecule has 0 aliphatic heterocycles. The second kappa shape index (κ2) is 4.91. The number of hydrogen-bond donors (Lipinski definition) is 2. The van der Waals surface area contributed by atoms with Crippen LogP contribution in [0.5, 0.6) is 0 Å². The zero-order valence-electron chi connectivity index (χ0n) is 9.09. The lowest BCUT2D eigenvalue weighted by atomic mass is 10.2. The van der Waals surface area contributed by atoms with E-state index in [1.165, 1.54) is 18.6 Å². The molecule has 0 fully saturated rings. The molecule has 2 rings (SSSR count). The van der Waals surface area contributed by atoms with E-state index >= 15 is 0 Å². The highest BCUT2D eigenvalue weighted by atomic mass is 16.6. The van der Waals surface area contributed by atoms with Gasteiger partial charge in [-0.15, -0.1) is 10.2 Å². The number of benzene rings is 1. The number of para-hydroxylation sites is 1. The summed E-state index contributed by atoms with van der Waals surface area (Å²) >= 11 is 0. The molecule has 0 saturated heterocycles. The van der Waals surface area contributed by atoms with Crippen LogP contribution in [0.15, 0.2) is 35.7 Å². The number of aromatic nitrogens is 3. The van der Waals surface area contributed by atoms with E-state index in [2.05, 4.69) is 20.7 Å². The summed E-state index contributed by atoms with van der Waals surface area (Å²) in [7, 11) is 0. The molecule has 0 amide bonds. The molecule has 0 unspecified atom stereocenters. The normalized spacial score (nSPS) is 10.7. The van der Waals surface area contributed by atoms with E-state index in [0.29, 0.717) is 5.56 Å². The molecule has 2 aromatic rings. The average Bonchev–Trinajstić information content (AvgIpc) is 2.76. The molecule has 1 heterocycles. The fourth-order valence-corrected chi connectivity index (χ4v) is 1.25. The van der Waals surface area contributed by atoms with E-state index in [1.807, 2.05) is 0 Å². The van der Waals surface area contributed by atoms with Crippen LogP contribution in [0.1, 0.15) is 5.56 Å². The molecule has 0 bridgehead atoms. The van der Waals surface area contributed by atoms with Crippen LogP contribution in [0.3, 0.4) is 0 Å². The van der Waals surface area contributed by atoms with Crippen LogP contribution in [-0.2, 0) is 0 Å². The van der Waals surface area contributed by atoms with Crippen LogP contribution >= 0.6 is 0 Å². The minimum atomic E-state index is -0.479. The van der Waals surface area contributed by atoms with Gasteiger partial charge in [-0.1, -0.05) is 12.1 Å². The molecule has 9 heteroatoms. The van der Waals surface area contributed by atoms with Gasteiger partial charge in [0.25, 0.3) is 11.6 Å². The van der Waals surface area contributed by atoms with Gasteiger partial charge in [0.2, 0.25) is 0 Å². The molecule has 1 aromatic carbocycles. The van der Waals surface area contributed by atoms with Crippen molar-refractivity contribution in [3.05, 3.63) is 46.3 Å². The molecule has 3 N–H and O–H groups in total. The van der Waals surface area contributed by atoms with Crippen LogP contribution in [0.4, 0.5) is 11.6 Å². The first-order valence-corrected chi connectivity index (χ1v) is 4.86. The first-order chi connectivity index (χ1) is 8.68. The van der Waals surface area contributed by atoms with E-state index in [0.717, 1.165) is 4.68 Å². The number of nitrogen functional groups attached to an aromatic ring is 1. The Balaban J connectivity index is 2.14. The monoisotopic (exact) mass is 247 g/mol. The van der Waals surface area contributed by atoms with Crippen molar-refractivity contribution in [2.24, 2.45) is 5.10 Å². The van der Waals surface area contributed by atoms with Crippen molar-refractivity contribution < 1.29 is 4.92 Å². The maximum absolute atomic E-state index is 10.7. The number of nitrogens with two attached hydrogens (primary N) is 1. The second-order valence-corrected chi connectivity index (χ2v) is 3.25. The summed E-state index contributed by atoms with van der Waals surface area (Å²) in [4.78, 5) is 10.3. The SMILES string of the molecule is Nn1cnnc1N/N=C\c1ccccc1[N+](=O)[O-]. The highest BCUT2D eigenvalue weighted by molar-refractivity contribution is 5.85. The number of nitrogens with zero attached hydrogens (tertiary/aromatic N) is 5. The minimum Gasteiger partial charge on any atom is -0.335 e. The van der Waals surface area contributed by atoms with Gasteiger partial charge in [-0.05, 0) is 6.07 Å². The Morgan fingerprint density at radius 1 is 1.50 bits per heavy atom. The largest absolute Gasteiger partial charge is 0.335 e. The molecular formula is C9H9N7O2. The molecular weight excluding hydrogens is 238 g/mol. The smallest absolute Gasteiger partial charge is 0.278 e. The predicted octanol–water partition coefficient (Wildman–Crippen LogP) is 0.346. The van der Waals surface area contributed by atoms with Gasteiger partial charge in [0.1, 0.15) is 6.33 Å². The molecule has 0 atom stereocenters. The zero-order valence-corrected chi connectivity index (χ0v) is 9.09. The Morgan fingerprint density at radius 2 is 2.28 bits per heavy atom. The van der Waals surface area contributed by atoms with Crippen LogP contribution in [0, 0.1) is 10.1 Å². The van der Waals surface area contributed by atoms with Crippen molar-refractivity contribution in [3.63, 3.8) is 0 Å². The summed E-state index contributed by atoms with van der Waals surface area (Å²) in [5.74, 6) is 5.67. The lowest BCUT2D eigenvalue weighted by Gasteiger charge is -1.98. The average molecular weight is 247 g/mol. The molecule has 1 aromatic heterocycles. The molecule has 0 aliphatic carbocycles. The van der Waals surface area contributed by atoms with Crippen molar-refractivity contribution in [1.29, 1.82) is 0 Å². The standard InChI is InChI=1S/C9H9N7O2/c10-15-6-12-14-9(15)13-11-5-7-3-1-2-4-8(7)16(17)18/h1-6H,10H2,(H,13,14)/b11-5-. The van der Waals surface area contributed by atoms with Gasteiger partial charge >= 0.3 is 0 Å². The number of nitro groups is 1. The molecule has 0 aliphatic rings. The Bertz CT molecular complexity index is 592. The lowest BCUT2D eigenvalue weighted by molar-refractivity contribution is -0.385. The molecule has 92 valence electrons. The van der Waals surface area contributed by atoms with Gasteiger partial charge in [0, 0.05) is 6.07 Å². The molecule has 0 spiro atoms. The number of hydrazone groups is 1. The Hall–Kier alpha value is -2.97. The van der Waals surface area contributed by atoms with Gasteiger partial charge in [-0.3, -0.25) is 10.1 Å². The van der Waals surface area contributed by atoms with E-state index < -0.39 is 4.92 Å². The molecule has 9 nitrogen and oxygen atoms in total. The maximum Gasteiger partial charge on any atom is 0.278 e. The number of rotatable bonds is 4. The second-order valence-electron chi connectivity index (χ2n) is 3.25. The summed E-state index contributed by atoms with van der Waals surface area (Å²) in [6, 6.07) is 6.24. The van der Waals surface area contributed by atoms with E-state index in [4.69, 9.17) is 5.84 Å². The van der Waals surface area contributed by atoms with Crippen molar-refractivity contribution in [1.82, 2.24) is 14.9 Å². The van der Waals surface area contributed by atoms with Crippen molar-refractivity contribution >= 4 is 17.9 Å². The Kier molecular flexibility index (Phi) is 3.14. The van der Waals surface area contributed by atoms with E-state index in [9.17, 15) is 10.1 Å². The highest BCUT2D eigenvalue weighted by Gasteiger charge is 2.09. The van der Waals surface area contributed by atoms with E-state index in [1.54, 1.807) is 18.2 Å². The number of hydrogen-bond acceptors (Lipinski definition) is 7. The van der Waals surface area contributed by atoms with Gasteiger partial charge in [-0.2, -0.15) is 5.10 Å². The number of nitro benzene ring substituents is 1. The fourth-order valence-electron chi connectivity index (χ4n) is 1.25. The van der Waals surface area contributed by atoms with Crippen molar-refractivity contribution in [2.75, 3.05) is 11.3 Å². The molecule has 0 radical (unpaired) electrons. The zero-order chi connectivity index (χ0) is 13.0. The van der Waals surface area contributed by atoms with Crippen LogP contribution < -0.4 is 11.3 Å². The molecule has 18 heavy (non-hydrogen) atoms. The number of nitrogens with one attached hydrogen (secondary N) is 1. The fraction of sp³-hybridized carbons (Fsp3) is 0. The third-order valence-electron chi connectivity index (χ3n) is 2.07. The summed E-state index contributed by atoms with van der Waals surface area (Å²) in [5.41, 5.74) is 2.86. The van der Waals surface area contributed by atoms with Gasteiger partial charge < -0.3 is 5.84 Å². The summed E-state index contributed by atoms with van der Waals surface area (Å²) in [5, 5.41) is 21.7. The quantitative estimate of drug-likeness (QED) is 0.347. The third-order valence-corrected chi connectivity index (χ3v) is 2.07. The Morgan fingerprint density at radius 3 is 2.94 bits per heavy atom. The summed E-state index contributed by atoms with van der Waals surface area (Å²) in [6.45, 7) is 0. The highest BCUT2D eigenvalue weighted by Crippen LogP contribution is 2.15. The maximum atomic E-state index is 10.7. The van der Waals surface area contributed by atoms with Gasteiger partial charge in [-0.25, -0.2) is 10.1 Å². The van der Waals surface area contributed by atoms with Gasteiger partial charge in [0.05, 0.1) is 16.7 Å². The minimum absolute atomic E-state index is 0.0303. The van der Waals surface area contributed by atoms with E-state index in [-0.39, 0.29) is 11.6 Å².